The van der Waals surface area contributed by atoms with Gasteiger partial charge in [0.05, 0.1) is 17.2 Å². The zero-order valence-corrected chi connectivity index (χ0v) is 19.9. The Kier molecular flexibility index (Phi) is 5.36. The number of fused-ring (bicyclic) bond motifs is 1. The molecule has 0 bridgehead atoms. The Morgan fingerprint density at radius 2 is 1.34 bits per heavy atom. The molecule has 0 amide bonds. The van der Waals surface area contributed by atoms with Gasteiger partial charge < -0.3 is 9.57 Å². The lowest BCUT2D eigenvalue weighted by atomic mass is 9.68. The van der Waals surface area contributed by atoms with Crippen molar-refractivity contribution in [3.63, 3.8) is 0 Å². The molecule has 0 aromatic heterocycles. The molecule has 1 spiro atoms. The predicted octanol–water partition coefficient (Wildman–Crippen LogP) is 7.27. The van der Waals surface area contributed by atoms with E-state index < -0.39 is 17.6 Å². The van der Waals surface area contributed by atoms with Crippen LogP contribution < -0.4 is 4.74 Å². The molecule has 0 fully saturated rings. The fourth-order valence-corrected chi connectivity index (χ4v) is 5.20. The number of nitrogens with zero attached hydrogens (tertiary/aromatic N) is 1. The van der Waals surface area contributed by atoms with Crippen LogP contribution in [0.25, 0.3) is 0 Å². The van der Waals surface area contributed by atoms with Crippen LogP contribution in [-0.2, 0) is 4.84 Å². The second-order valence-electron chi connectivity index (χ2n) is 8.59. The van der Waals surface area contributed by atoms with Crippen molar-refractivity contribution in [2.45, 2.75) is 17.6 Å². The van der Waals surface area contributed by atoms with E-state index in [-0.39, 0.29) is 5.78 Å². The third-order valence-corrected chi connectivity index (χ3v) is 7.07. The maximum absolute atomic E-state index is 14.4. The van der Waals surface area contributed by atoms with E-state index in [0.717, 1.165) is 16.7 Å². The third-order valence-electron chi connectivity index (χ3n) is 6.56. The Morgan fingerprint density at radius 1 is 0.714 bits per heavy atom. The molecule has 4 aromatic carbocycles. The van der Waals surface area contributed by atoms with Crippen LogP contribution >= 0.6 is 23.2 Å². The highest BCUT2D eigenvalue weighted by molar-refractivity contribution is 6.31. The smallest absolute Gasteiger partial charge is 0.252 e. The summed E-state index contributed by atoms with van der Waals surface area (Å²) in [6.07, 6.45) is -0.736. The van der Waals surface area contributed by atoms with E-state index in [1.54, 1.807) is 18.2 Å². The topological polar surface area (TPSA) is 47.9 Å². The summed E-state index contributed by atoms with van der Waals surface area (Å²) in [5.74, 6) is -0.219. The van der Waals surface area contributed by atoms with Crippen LogP contribution in [0.1, 0.15) is 39.1 Å². The number of carbonyl (C=O) groups is 1. The lowest BCUT2D eigenvalue weighted by molar-refractivity contribution is -0.0852. The molecule has 4 nitrogen and oxygen atoms in total. The molecule has 4 aromatic rings. The molecule has 2 aliphatic heterocycles. The molecular formula is C29H19Cl2NO3. The fraction of sp³-hybridized carbons (Fsp3) is 0.103. The van der Waals surface area contributed by atoms with Crippen LogP contribution in [0.3, 0.4) is 0 Å². The molecule has 172 valence electrons. The Labute approximate surface area is 212 Å². The summed E-state index contributed by atoms with van der Waals surface area (Å²) < 4.78 is 6.54. The van der Waals surface area contributed by atoms with Gasteiger partial charge in [-0.15, -0.1) is 0 Å². The summed E-state index contributed by atoms with van der Waals surface area (Å²) in [6, 6.07) is 31.7. The van der Waals surface area contributed by atoms with Crippen molar-refractivity contribution in [2.24, 2.45) is 5.16 Å². The summed E-state index contributed by atoms with van der Waals surface area (Å²) in [7, 11) is 0. The predicted molar refractivity (Wildman–Crippen MR) is 137 cm³/mol. The molecule has 0 saturated heterocycles. The van der Waals surface area contributed by atoms with Crippen LogP contribution in [0.4, 0.5) is 0 Å². The van der Waals surface area contributed by atoms with E-state index in [9.17, 15) is 4.79 Å². The average molecular weight is 500 g/mol. The summed E-state index contributed by atoms with van der Waals surface area (Å²) >= 11 is 12.4. The Balaban J connectivity index is 1.60. The van der Waals surface area contributed by atoms with Crippen LogP contribution in [0.5, 0.6) is 5.75 Å². The van der Waals surface area contributed by atoms with Crippen molar-refractivity contribution < 1.29 is 14.4 Å². The number of halogens is 2. The first-order valence-electron chi connectivity index (χ1n) is 11.2. The minimum absolute atomic E-state index is 0.180. The van der Waals surface area contributed by atoms with Gasteiger partial charge in [-0.25, -0.2) is 0 Å². The van der Waals surface area contributed by atoms with Gasteiger partial charge in [-0.2, -0.15) is 0 Å². The van der Waals surface area contributed by atoms with Crippen LogP contribution in [0.15, 0.2) is 108 Å². The Bertz CT molecular complexity index is 1440. The summed E-state index contributed by atoms with van der Waals surface area (Å²) in [6.45, 7) is 0. The van der Waals surface area contributed by atoms with Gasteiger partial charge in [0.15, 0.2) is 6.10 Å². The molecule has 2 heterocycles. The van der Waals surface area contributed by atoms with E-state index in [1.807, 2.05) is 84.9 Å². The van der Waals surface area contributed by atoms with Crippen LogP contribution in [0.2, 0.25) is 10.0 Å². The molecule has 0 N–H and O–H groups in total. The second-order valence-corrected chi connectivity index (χ2v) is 9.46. The van der Waals surface area contributed by atoms with E-state index in [4.69, 9.17) is 32.8 Å². The average Bonchev–Trinajstić information content (AvgIpc) is 3.28. The van der Waals surface area contributed by atoms with Gasteiger partial charge in [0, 0.05) is 15.6 Å². The monoisotopic (exact) mass is 499 g/mol. The molecule has 0 aliphatic carbocycles. The van der Waals surface area contributed by atoms with E-state index in [0.29, 0.717) is 27.1 Å². The maximum Gasteiger partial charge on any atom is 0.252 e. The van der Waals surface area contributed by atoms with Gasteiger partial charge >= 0.3 is 0 Å². The Morgan fingerprint density at radius 3 is 2.06 bits per heavy atom. The van der Waals surface area contributed by atoms with Crippen LogP contribution in [0, 0.1) is 0 Å². The number of ether oxygens (including phenoxy) is 1. The molecule has 0 saturated carbocycles. The van der Waals surface area contributed by atoms with Crippen molar-refractivity contribution >= 4 is 34.7 Å². The molecular weight excluding hydrogens is 481 g/mol. The van der Waals surface area contributed by atoms with Gasteiger partial charge in [0.25, 0.3) is 5.60 Å². The van der Waals surface area contributed by atoms with Crippen molar-refractivity contribution in [1.29, 1.82) is 0 Å². The standard InChI is InChI=1S/C29H19Cl2NO3/c30-21-14-10-18(11-15-21)25-26(19-12-16-22(31)17-13-19)32-35-29(25)27(33)23-8-4-5-9-24(23)34-28(29)20-6-2-1-3-7-20/h1-17,25,28H/t25-,28+,29-/m1/s1. The highest BCUT2D eigenvalue weighted by Gasteiger charge is 2.64. The first-order chi connectivity index (χ1) is 17.1. The minimum atomic E-state index is -1.46. The number of oxime groups is 1. The lowest BCUT2D eigenvalue weighted by Gasteiger charge is -2.42. The van der Waals surface area contributed by atoms with Gasteiger partial charge in [-0.1, -0.05) is 95.1 Å². The van der Waals surface area contributed by atoms with Crippen molar-refractivity contribution in [3.8, 4) is 5.75 Å². The molecule has 3 atom stereocenters. The normalized spacial score (nSPS) is 22.8. The van der Waals surface area contributed by atoms with Crippen molar-refractivity contribution in [1.82, 2.24) is 0 Å². The second kappa shape index (κ2) is 8.56. The zero-order chi connectivity index (χ0) is 24.0. The number of ketones is 1. The third kappa shape index (κ3) is 3.53. The van der Waals surface area contributed by atoms with Crippen molar-refractivity contribution in [3.05, 3.63) is 135 Å². The maximum atomic E-state index is 14.4. The number of rotatable bonds is 3. The van der Waals surface area contributed by atoms with E-state index >= 15 is 0 Å². The van der Waals surface area contributed by atoms with Gasteiger partial charge in [-0.05, 0) is 47.5 Å². The van der Waals surface area contributed by atoms with Crippen molar-refractivity contribution in [2.75, 3.05) is 0 Å². The number of hydrogen-bond donors (Lipinski definition) is 0. The van der Waals surface area contributed by atoms with Gasteiger partial charge in [0.1, 0.15) is 5.75 Å². The number of carbonyl (C=O) groups excluding carboxylic acids is 1. The summed E-state index contributed by atoms with van der Waals surface area (Å²) in [4.78, 5) is 20.6. The molecule has 0 unspecified atom stereocenters. The van der Waals surface area contributed by atoms with Gasteiger partial charge in [0.2, 0.25) is 5.78 Å². The molecule has 2 aliphatic rings. The zero-order valence-electron chi connectivity index (χ0n) is 18.4. The van der Waals surface area contributed by atoms with Gasteiger partial charge in [-0.3, -0.25) is 4.79 Å². The number of benzene rings is 4. The van der Waals surface area contributed by atoms with E-state index in [2.05, 4.69) is 5.16 Å². The van der Waals surface area contributed by atoms with Crippen LogP contribution in [-0.4, -0.2) is 17.1 Å². The molecule has 6 heteroatoms. The SMILES string of the molecule is O=C1c2ccccc2O[C@@H](c2ccccc2)[C@]12ON=C(c1ccc(Cl)cc1)[C@H]2c1ccc(Cl)cc1. The number of hydrogen-bond acceptors (Lipinski definition) is 4. The summed E-state index contributed by atoms with van der Waals surface area (Å²) in [5.41, 5.74) is 2.11. The molecule has 0 radical (unpaired) electrons. The first-order valence-corrected chi connectivity index (χ1v) is 12.0. The first kappa shape index (κ1) is 21.9. The van der Waals surface area contributed by atoms with E-state index in [1.165, 1.54) is 0 Å². The highest BCUT2D eigenvalue weighted by Crippen LogP contribution is 2.54. The molecule has 35 heavy (non-hydrogen) atoms. The quantitative estimate of drug-likeness (QED) is 0.297. The molecule has 6 rings (SSSR count). The largest absolute Gasteiger partial charge is 0.480 e. The highest BCUT2D eigenvalue weighted by atomic mass is 35.5. The summed E-state index contributed by atoms with van der Waals surface area (Å²) in [5, 5.41) is 5.74. The Hall–Kier alpha value is -3.60. The minimum Gasteiger partial charge on any atom is -0.480 e. The lowest BCUT2D eigenvalue weighted by Crippen LogP contribution is -2.54. The number of Topliss-reactive ketones (excluding diaryl/α,β-unsaturated/α-hetero) is 1. The number of para-hydroxylation sites is 1. The fourth-order valence-electron chi connectivity index (χ4n) is 4.95.